The second kappa shape index (κ2) is 10.6. The van der Waals surface area contributed by atoms with Crippen molar-refractivity contribution in [1.82, 2.24) is 15.5 Å². The molecule has 26 heavy (non-hydrogen) atoms. The first-order valence-electron chi connectivity index (χ1n) is 9.78. The van der Waals surface area contributed by atoms with E-state index in [4.69, 9.17) is 4.74 Å². The van der Waals surface area contributed by atoms with E-state index in [1.807, 2.05) is 27.7 Å². The van der Waals surface area contributed by atoms with Gasteiger partial charge < -0.3 is 25.4 Å². The number of ether oxygens (including phenoxy) is 1. The number of amides is 1. The summed E-state index contributed by atoms with van der Waals surface area (Å²) in [5.41, 5.74) is -0.468. The number of hydrogen-bond acceptors (Lipinski definition) is 4. The molecule has 1 aliphatic heterocycles. The molecule has 1 rings (SSSR count). The number of nitrogens with one attached hydrogen (secondary N) is 2. The average molecular weight is 371 g/mol. The molecule has 7 heteroatoms. The lowest BCUT2D eigenvalue weighted by molar-refractivity contribution is 0.00700. The van der Waals surface area contributed by atoms with Crippen LogP contribution in [0.4, 0.5) is 4.79 Å². The molecule has 0 aromatic carbocycles. The molecule has 1 fully saturated rings. The first kappa shape index (κ1) is 22.5. The zero-order valence-electron chi connectivity index (χ0n) is 17.3. The Morgan fingerprint density at radius 2 is 2.00 bits per heavy atom. The zero-order chi connectivity index (χ0) is 19.7. The van der Waals surface area contributed by atoms with Crippen molar-refractivity contribution in [2.24, 2.45) is 16.8 Å². The first-order chi connectivity index (χ1) is 12.1. The molecule has 0 radical (unpaired) electrons. The van der Waals surface area contributed by atoms with E-state index in [1.54, 1.807) is 4.90 Å². The van der Waals surface area contributed by atoms with Gasteiger partial charge in [0.05, 0.1) is 6.04 Å². The molecule has 0 aromatic heterocycles. The van der Waals surface area contributed by atoms with Gasteiger partial charge in [0.25, 0.3) is 0 Å². The zero-order valence-corrected chi connectivity index (χ0v) is 17.3. The Morgan fingerprint density at radius 3 is 2.50 bits per heavy atom. The van der Waals surface area contributed by atoms with Crippen molar-refractivity contribution >= 4 is 12.1 Å². The molecule has 1 aliphatic rings. The maximum absolute atomic E-state index is 12.0. The minimum absolute atomic E-state index is 0.182. The fraction of sp³-hybridized carbons (Fsp3) is 0.895. The Labute approximate surface area is 158 Å². The van der Waals surface area contributed by atoms with Crippen LogP contribution < -0.4 is 10.6 Å². The Kier molecular flexibility index (Phi) is 9.19. The third-order valence-electron chi connectivity index (χ3n) is 4.07. The van der Waals surface area contributed by atoms with Crippen molar-refractivity contribution in [2.75, 3.05) is 32.8 Å². The second-order valence-corrected chi connectivity index (χ2v) is 8.45. The van der Waals surface area contributed by atoms with Gasteiger partial charge in [-0.1, -0.05) is 13.8 Å². The van der Waals surface area contributed by atoms with E-state index in [0.29, 0.717) is 31.5 Å². The minimum Gasteiger partial charge on any atom is -0.444 e. The van der Waals surface area contributed by atoms with E-state index in [0.717, 1.165) is 25.3 Å². The number of rotatable bonds is 8. The van der Waals surface area contributed by atoms with Crippen molar-refractivity contribution in [2.45, 2.75) is 66.0 Å². The van der Waals surface area contributed by atoms with Crippen molar-refractivity contribution in [3.8, 4) is 0 Å². The summed E-state index contributed by atoms with van der Waals surface area (Å²) in [6.07, 6.45) is 1.56. The van der Waals surface area contributed by atoms with Crippen LogP contribution in [0.15, 0.2) is 4.99 Å². The highest BCUT2D eigenvalue weighted by atomic mass is 16.6. The van der Waals surface area contributed by atoms with Crippen molar-refractivity contribution < 1.29 is 14.6 Å². The van der Waals surface area contributed by atoms with Gasteiger partial charge in [0.15, 0.2) is 5.96 Å². The van der Waals surface area contributed by atoms with Gasteiger partial charge in [-0.15, -0.1) is 0 Å². The van der Waals surface area contributed by atoms with E-state index >= 15 is 0 Å². The van der Waals surface area contributed by atoms with Gasteiger partial charge in [-0.05, 0) is 52.4 Å². The van der Waals surface area contributed by atoms with Gasteiger partial charge in [0.2, 0.25) is 0 Å². The van der Waals surface area contributed by atoms with E-state index in [2.05, 4.69) is 29.5 Å². The lowest BCUT2D eigenvalue weighted by Crippen LogP contribution is -2.63. The van der Waals surface area contributed by atoms with Crippen LogP contribution >= 0.6 is 0 Å². The van der Waals surface area contributed by atoms with Crippen LogP contribution in [0.1, 0.15) is 54.4 Å². The minimum atomic E-state index is -0.468. The summed E-state index contributed by atoms with van der Waals surface area (Å²) < 4.78 is 5.37. The summed E-state index contributed by atoms with van der Waals surface area (Å²) in [5.74, 6) is 1.74. The summed E-state index contributed by atoms with van der Waals surface area (Å²) in [7, 11) is 0. The predicted molar refractivity (Wildman–Crippen MR) is 105 cm³/mol. The topological polar surface area (TPSA) is 86.2 Å². The van der Waals surface area contributed by atoms with Crippen LogP contribution in [-0.2, 0) is 4.74 Å². The van der Waals surface area contributed by atoms with Gasteiger partial charge in [-0.3, -0.25) is 4.99 Å². The van der Waals surface area contributed by atoms with Gasteiger partial charge in [-0.25, -0.2) is 4.79 Å². The molecule has 3 N–H and O–H groups in total. The fourth-order valence-electron chi connectivity index (χ4n) is 2.91. The Morgan fingerprint density at radius 1 is 1.35 bits per heavy atom. The van der Waals surface area contributed by atoms with Crippen LogP contribution in [-0.4, -0.2) is 66.5 Å². The monoisotopic (exact) mass is 370 g/mol. The number of aliphatic hydroxyl groups is 1. The van der Waals surface area contributed by atoms with Crippen LogP contribution in [0.5, 0.6) is 0 Å². The molecule has 0 bridgehead atoms. The quantitative estimate of drug-likeness (QED) is 0.450. The molecule has 7 nitrogen and oxygen atoms in total. The second-order valence-electron chi connectivity index (χ2n) is 8.45. The number of aliphatic hydroxyl groups excluding tert-OH is 1. The first-order valence-corrected chi connectivity index (χ1v) is 9.78. The summed E-state index contributed by atoms with van der Waals surface area (Å²) in [4.78, 5) is 18.4. The molecule has 1 saturated heterocycles. The van der Waals surface area contributed by atoms with E-state index in [-0.39, 0.29) is 18.7 Å². The highest BCUT2D eigenvalue weighted by molar-refractivity contribution is 5.80. The molecule has 1 unspecified atom stereocenters. The summed E-state index contributed by atoms with van der Waals surface area (Å²) in [6, 6.07) is 0.182. The number of hydrogen-bond donors (Lipinski definition) is 3. The van der Waals surface area contributed by atoms with Gasteiger partial charge in [0.1, 0.15) is 5.60 Å². The Hall–Kier alpha value is -1.50. The number of carbonyl (C=O) groups excluding carboxylic acids is 1. The standard InChI is InChI=1S/C19H38N4O3/c1-7-20-17(21-11-15(8-9-24)10-14(2)3)22-16-12-23(13-16)18(25)26-19(4,5)6/h14-16,24H,7-13H2,1-6H3,(H2,20,21,22). The molecule has 1 atom stereocenters. The van der Waals surface area contributed by atoms with Crippen LogP contribution in [0, 0.1) is 11.8 Å². The van der Waals surface area contributed by atoms with Gasteiger partial charge >= 0.3 is 6.09 Å². The SMILES string of the molecule is CCNC(=NCC(CCO)CC(C)C)NC1CN(C(=O)OC(C)(C)C)C1. The highest BCUT2D eigenvalue weighted by Crippen LogP contribution is 2.17. The molecule has 0 saturated carbocycles. The van der Waals surface area contributed by atoms with E-state index in [9.17, 15) is 9.90 Å². The summed E-state index contributed by atoms with van der Waals surface area (Å²) in [5, 5.41) is 15.9. The lowest BCUT2D eigenvalue weighted by atomic mass is 9.94. The Bertz CT molecular complexity index is 454. The maximum Gasteiger partial charge on any atom is 0.410 e. The molecule has 1 heterocycles. The molecular weight excluding hydrogens is 332 g/mol. The molecule has 0 spiro atoms. The van der Waals surface area contributed by atoms with Crippen LogP contribution in [0.3, 0.4) is 0 Å². The maximum atomic E-state index is 12.0. The summed E-state index contributed by atoms with van der Waals surface area (Å²) >= 11 is 0. The van der Waals surface area contributed by atoms with Crippen molar-refractivity contribution in [3.63, 3.8) is 0 Å². The Balaban J connectivity index is 2.49. The van der Waals surface area contributed by atoms with E-state index in [1.165, 1.54) is 0 Å². The van der Waals surface area contributed by atoms with Crippen molar-refractivity contribution in [1.29, 1.82) is 0 Å². The van der Waals surface area contributed by atoms with Crippen molar-refractivity contribution in [3.05, 3.63) is 0 Å². The number of likely N-dealkylation sites (tertiary alicyclic amines) is 1. The van der Waals surface area contributed by atoms with E-state index < -0.39 is 5.60 Å². The average Bonchev–Trinajstić information content (AvgIpc) is 2.45. The molecule has 0 aliphatic carbocycles. The van der Waals surface area contributed by atoms with Crippen LogP contribution in [0.2, 0.25) is 0 Å². The molecule has 0 aromatic rings. The highest BCUT2D eigenvalue weighted by Gasteiger charge is 2.34. The predicted octanol–water partition coefficient (Wildman–Crippen LogP) is 2.21. The largest absolute Gasteiger partial charge is 0.444 e. The normalized spacial score (nSPS) is 17.1. The molecule has 152 valence electrons. The third-order valence-corrected chi connectivity index (χ3v) is 4.07. The lowest BCUT2D eigenvalue weighted by Gasteiger charge is -2.40. The number of aliphatic imine (C=N–C) groups is 1. The number of nitrogens with zero attached hydrogens (tertiary/aromatic N) is 2. The fourth-order valence-corrected chi connectivity index (χ4v) is 2.91. The smallest absolute Gasteiger partial charge is 0.410 e. The third kappa shape index (κ3) is 8.74. The summed E-state index contributed by atoms with van der Waals surface area (Å²) in [6.45, 7) is 14.9. The van der Waals surface area contributed by atoms with Gasteiger partial charge in [-0.2, -0.15) is 0 Å². The molecule has 1 amide bonds. The number of guanidine groups is 1. The molecular formula is C19H38N4O3. The van der Waals surface area contributed by atoms with Gasteiger partial charge in [0, 0.05) is 32.8 Å². The van der Waals surface area contributed by atoms with Crippen LogP contribution in [0.25, 0.3) is 0 Å². The number of carbonyl (C=O) groups is 1.